The summed E-state index contributed by atoms with van der Waals surface area (Å²) in [5.41, 5.74) is 5.51. The molecule has 78 valence electrons. The summed E-state index contributed by atoms with van der Waals surface area (Å²) in [5, 5.41) is 4.52. The highest BCUT2D eigenvalue weighted by Gasteiger charge is 2.09. The van der Waals surface area contributed by atoms with Crippen LogP contribution < -0.4 is 15.8 Å². The lowest BCUT2D eigenvalue weighted by Gasteiger charge is -2.05. The molecule has 0 aromatic carbocycles. The minimum Gasteiger partial charge on any atom is -0.496 e. The van der Waals surface area contributed by atoms with E-state index in [0.717, 1.165) is 0 Å². The lowest BCUT2D eigenvalue weighted by atomic mass is 10.3. The zero-order valence-corrected chi connectivity index (χ0v) is 9.06. The van der Waals surface area contributed by atoms with Gasteiger partial charge in [0, 0.05) is 24.0 Å². The fourth-order valence-electron chi connectivity index (χ4n) is 0.886. The van der Waals surface area contributed by atoms with Crippen molar-refractivity contribution in [2.45, 2.75) is 13.0 Å². The number of amides is 1. The second-order valence-corrected chi connectivity index (χ2v) is 3.95. The van der Waals surface area contributed by atoms with Crippen LogP contribution in [0.1, 0.15) is 16.6 Å². The maximum atomic E-state index is 11.5. The zero-order valence-electron chi connectivity index (χ0n) is 8.24. The SMILES string of the molecule is COc1csc(C(=O)NCC(C)N)c1. The van der Waals surface area contributed by atoms with Crippen LogP contribution in [0, 0.1) is 0 Å². The van der Waals surface area contributed by atoms with Crippen LogP contribution in [0.25, 0.3) is 0 Å². The van der Waals surface area contributed by atoms with Gasteiger partial charge >= 0.3 is 0 Å². The van der Waals surface area contributed by atoms with Crippen LogP contribution in [0.4, 0.5) is 0 Å². The van der Waals surface area contributed by atoms with Crippen molar-refractivity contribution in [1.29, 1.82) is 0 Å². The van der Waals surface area contributed by atoms with Gasteiger partial charge in [-0.1, -0.05) is 0 Å². The number of ether oxygens (including phenoxy) is 1. The van der Waals surface area contributed by atoms with E-state index in [4.69, 9.17) is 10.5 Å². The third-order valence-electron chi connectivity index (χ3n) is 1.62. The van der Waals surface area contributed by atoms with E-state index in [0.29, 0.717) is 17.2 Å². The molecule has 0 aliphatic carbocycles. The van der Waals surface area contributed by atoms with Crippen molar-refractivity contribution < 1.29 is 9.53 Å². The summed E-state index contributed by atoms with van der Waals surface area (Å²) in [6.07, 6.45) is 0. The van der Waals surface area contributed by atoms with E-state index in [1.165, 1.54) is 11.3 Å². The highest BCUT2D eigenvalue weighted by atomic mass is 32.1. The van der Waals surface area contributed by atoms with Gasteiger partial charge in [0.25, 0.3) is 5.91 Å². The molecule has 0 spiro atoms. The molecule has 5 heteroatoms. The molecule has 1 atom stereocenters. The number of carbonyl (C=O) groups is 1. The van der Waals surface area contributed by atoms with E-state index in [1.54, 1.807) is 18.6 Å². The van der Waals surface area contributed by atoms with Gasteiger partial charge < -0.3 is 15.8 Å². The van der Waals surface area contributed by atoms with E-state index in [1.807, 2.05) is 6.92 Å². The molecule has 1 amide bonds. The number of hydrogen-bond donors (Lipinski definition) is 2. The number of rotatable bonds is 4. The molecule has 0 fully saturated rings. The van der Waals surface area contributed by atoms with E-state index >= 15 is 0 Å². The molecule has 1 aromatic heterocycles. The Labute approximate surface area is 87.1 Å². The van der Waals surface area contributed by atoms with Gasteiger partial charge in [-0.15, -0.1) is 11.3 Å². The van der Waals surface area contributed by atoms with Gasteiger partial charge in [-0.2, -0.15) is 0 Å². The second-order valence-electron chi connectivity index (χ2n) is 3.04. The molecule has 1 heterocycles. The molecular weight excluding hydrogens is 200 g/mol. The van der Waals surface area contributed by atoms with E-state index in [-0.39, 0.29) is 11.9 Å². The summed E-state index contributed by atoms with van der Waals surface area (Å²) in [7, 11) is 1.58. The molecule has 3 N–H and O–H groups in total. The Morgan fingerprint density at radius 3 is 3.00 bits per heavy atom. The van der Waals surface area contributed by atoms with Crippen molar-refractivity contribution in [3.05, 3.63) is 16.3 Å². The molecule has 0 saturated heterocycles. The van der Waals surface area contributed by atoms with Crippen LogP contribution in [0.5, 0.6) is 5.75 Å². The van der Waals surface area contributed by atoms with Crippen molar-refractivity contribution in [3.8, 4) is 5.75 Å². The van der Waals surface area contributed by atoms with E-state index in [2.05, 4.69) is 5.32 Å². The van der Waals surface area contributed by atoms with Crippen LogP contribution in [-0.2, 0) is 0 Å². The van der Waals surface area contributed by atoms with Crippen LogP contribution in [0.3, 0.4) is 0 Å². The zero-order chi connectivity index (χ0) is 10.6. The van der Waals surface area contributed by atoms with Crippen molar-refractivity contribution in [2.24, 2.45) is 5.73 Å². The summed E-state index contributed by atoms with van der Waals surface area (Å²) in [4.78, 5) is 12.1. The van der Waals surface area contributed by atoms with Crippen LogP contribution >= 0.6 is 11.3 Å². The molecule has 14 heavy (non-hydrogen) atoms. The first-order valence-corrected chi connectivity index (χ1v) is 5.17. The summed E-state index contributed by atoms with van der Waals surface area (Å²) in [5.74, 6) is 0.608. The number of hydrogen-bond acceptors (Lipinski definition) is 4. The smallest absolute Gasteiger partial charge is 0.261 e. The lowest BCUT2D eigenvalue weighted by molar-refractivity contribution is 0.0955. The van der Waals surface area contributed by atoms with Gasteiger partial charge in [0.2, 0.25) is 0 Å². The Balaban J connectivity index is 2.52. The van der Waals surface area contributed by atoms with Crippen molar-refractivity contribution >= 4 is 17.2 Å². The van der Waals surface area contributed by atoms with Gasteiger partial charge in [0.1, 0.15) is 5.75 Å². The first kappa shape index (κ1) is 11.0. The molecular formula is C9H14N2O2S. The first-order valence-electron chi connectivity index (χ1n) is 4.29. The standard InChI is InChI=1S/C9H14N2O2S/c1-6(10)4-11-9(12)8-3-7(13-2)5-14-8/h3,5-6H,4,10H2,1-2H3,(H,11,12). The Hall–Kier alpha value is -1.07. The number of thiophene rings is 1. The Bertz CT molecular complexity index is 310. The highest BCUT2D eigenvalue weighted by Crippen LogP contribution is 2.20. The van der Waals surface area contributed by atoms with Crippen molar-refractivity contribution in [3.63, 3.8) is 0 Å². The number of methoxy groups -OCH3 is 1. The molecule has 0 aliphatic heterocycles. The predicted molar refractivity (Wildman–Crippen MR) is 56.9 cm³/mol. The molecule has 0 aliphatic rings. The van der Waals surface area contributed by atoms with Crippen LogP contribution in [-0.4, -0.2) is 25.6 Å². The summed E-state index contributed by atoms with van der Waals surface area (Å²) < 4.78 is 4.98. The Kier molecular flexibility index (Phi) is 3.91. The van der Waals surface area contributed by atoms with Crippen molar-refractivity contribution in [1.82, 2.24) is 5.32 Å². The minimum absolute atomic E-state index is 0.0270. The molecule has 4 nitrogen and oxygen atoms in total. The second kappa shape index (κ2) is 4.97. The first-order chi connectivity index (χ1) is 6.63. The third-order valence-corrected chi connectivity index (χ3v) is 2.53. The molecule has 1 aromatic rings. The quantitative estimate of drug-likeness (QED) is 0.780. The largest absolute Gasteiger partial charge is 0.496 e. The summed E-state index contributed by atoms with van der Waals surface area (Å²) >= 11 is 1.36. The average Bonchev–Trinajstić information content (AvgIpc) is 2.62. The third kappa shape index (κ3) is 3.01. The van der Waals surface area contributed by atoms with E-state index < -0.39 is 0 Å². The monoisotopic (exact) mass is 214 g/mol. The Morgan fingerprint density at radius 1 is 1.79 bits per heavy atom. The number of carbonyl (C=O) groups excluding carboxylic acids is 1. The topological polar surface area (TPSA) is 64.3 Å². The lowest BCUT2D eigenvalue weighted by Crippen LogP contribution is -2.34. The minimum atomic E-state index is -0.101. The molecule has 1 rings (SSSR count). The molecule has 1 unspecified atom stereocenters. The van der Waals surface area contributed by atoms with Gasteiger partial charge in [-0.3, -0.25) is 4.79 Å². The van der Waals surface area contributed by atoms with Crippen molar-refractivity contribution in [2.75, 3.05) is 13.7 Å². The fraction of sp³-hybridized carbons (Fsp3) is 0.444. The maximum Gasteiger partial charge on any atom is 0.261 e. The van der Waals surface area contributed by atoms with Crippen LogP contribution in [0.15, 0.2) is 11.4 Å². The maximum absolute atomic E-state index is 11.5. The van der Waals surface area contributed by atoms with Gasteiger partial charge in [-0.05, 0) is 6.92 Å². The molecule has 0 bridgehead atoms. The predicted octanol–water partition coefficient (Wildman–Crippen LogP) is 0.834. The van der Waals surface area contributed by atoms with E-state index in [9.17, 15) is 4.79 Å². The highest BCUT2D eigenvalue weighted by molar-refractivity contribution is 7.12. The number of nitrogens with one attached hydrogen (secondary N) is 1. The summed E-state index contributed by atoms with van der Waals surface area (Å²) in [6.45, 7) is 2.33. The normalized spacial score (nSPS) is 12.2. The average molecular weight is 214 g/mol. The molecule has 0 saturated carbocycles. The van der Waals surface area contributed by atoms with Gasteiger partial charge in [0.15, 0.2) is 0 Å². The number of nitrogens with two attached hydrogens (primary N) is 1. The fourth-order valence-corrected chi connectivity index (χ4v) is 1.66. The van der Waals surface area contributed by atoms with Gasteiger partial charge in [0.05, 0.1) is 12.0 Å². The van der Waals surface area contributed by atoms with Crippen LogP contribution in [0.2, 0.25) is 0 Å². The van der Waals surface area contributed by atoms with Gasteiger partial charge in [-0.25, -0.2) is 0 Å². The Morgan fingerprint density at radius 2 is 2.50 bits per heavy atom. The molecule has 0 radical (unpaired) electrons. The summed E-state index contributed by atoms with van der Waals surface area (Å²) in [6, 6.07) is 1.68.